The van der Waals surface area contributed by atoms with Gasteiger partial charge in [0.15, 0.2) is 12.4 Å². The summed E-state index contributed by atoms with van der Waals surface area (Å²) in [4.78, 5) is 43.9. The Labute approximate surface area is 268 Å². The van der Waals surface area contributed by atoms with E-state index in [1.54, 1.807) is 41.3 Å². The van der Waals surface area contributed by atoms with Gasteiger partial charge in [0.25, 0.3) is 17.7 Å². The summed E-state index contributed by atoms with van der Waals surface area (Å²) < 4.78 is 29.2. The molecule has 3 aromatic rings. The van der Waals surface area contributed by atoms with Gasteiger partial charge in [-0.2, -0.15) is 0 Å². The molecular weight excluding hydrogens is 592 g/mol. The van der Waals surface area contributed by atoms with E-state index in [0.717, 1.165) is 30.0 Å². The lowest BCUT2D eigenvalue weighted by Gasteiger charge is -2.22. The Hall–Kier alpha value is -4.71. The Morgan fingerprint density at radius 3 is 2.52 bits per heavy atom. The first-order valence-electron chi connectivity index (χ1n) is 15.6. The number of carbonyl (C=O) groups is 3. The van der Waals surface area contributed by atoms with Crippen LogP contribution in [0, 0.1) is 0 Å². The van der Waals surface area contributed by atoms with Crippen molar-refractivity contribution < 1.29 is 37.7 Å². The number of aryl methyl sites for hydroxylation is 1. The molecule has 1 saturated heterocycles. The fourth-order valence-electron chi connectivity index (χ4n) is 5.72. The predicted octanol–water partition coefficient (Wildman–Crippen LogP) is 3.41. The summed E-state index contributed by atoms with van der Waals surface area (Å²) in [7, 11) is 3.02. The Morgan fingerprint density at radius 1 is 1.00 bits per heavy atom. The third-order valence-electron chi connectivity index (χ3n) is 8.36. The highest BCUT2D eigenvalue weighted by atomic mass is 16.5. The van der Waals surface area contributed by atoms with Crippen molar-refractivity contribution in [3.05, 3.63) is 70.7 Å². The van der Waals surface area contributed by atoms with E-state index in [4.69, 9.17) is 23.4 Å². The second-order valence-corrected chi connectivity index (χ2v) is 11.3. The van der Waals surface area contributed by atoms with E-state index in [0.29, 0.717) is 36.0 Å². The van der Waals surface area contributed by atoms with Crippen LogP contribution in [0.1, 0.15) is 58.6 Å². The lowest BCUT2D eigenvalue weighted by molar-refractivity contribution is -0.123. The average Bonchev–Trinajstić information content (AvgIpc) is 3.67. The second kappa shape index (κ2) is 14.6. The number of ether oxygens (including phenoxy) is 4. The van der Waals surface area contributed by atoms with E-state index in [-0.39, 0.29) is 49.4 Å². The molecule has 3 aliphatic rings. The lowest BCUT2D eigenvalue weighted by Crippen LogP contribution is -2.45. The normalized spacial score (nSPS) is 18.3. The van der Waals surface area contributed by atoms with Crippen LogP contribution in [0.5, 0.6) is 23.0 Å². The molecule has 4 bridgehead atoms. The quantitative estimate of drug-likeness (QED) is 0.383. The molecule has 4 heterocycles. The van der Waals surface area contributed by atoms with Gasteiger partial charge in [-0.15, -0.1) is 0 Å². The van der Waals surface area contributed by atoms with Crippen molar-refractivity contribution in [2.45, 2.75) is 52.4 Å². The summed E-state index contributed by atoms with van der Waals surface area (Å²) >= 11 is 0. The molecule has 3 aliphatic heterocycles. The highest BCUT2D eigenvalue weighted by Crippen LogP contribution is 2.29. The summed E-state index contributed by atoms with van der Waals surface area (Å²) in [5.41, 5.74) is 2.01. The molecule has 2 N–H and O–H groups in total. The summed E-state index contributed by atoms with van der Waals surface area (Å²) in [5.74, 6) is 1.74. The van der Waals surface area contributed by atoms with E-state index < -0.39 is 18.1 Å². The maximum absolute atomic E-state index is 13.8. The molecule has 2 atom stereocenters. The standard InChI is InChI=1S/C34H42N4O8/c1-6-28-23(17-37(7-2)8-3)13-30(46-28)34(41)38-18-27-31(19-38)45-24-10-9-21(29(15-24)43-5)16-35-32(39)20-44-26-12-22(33(40)36-27)11-25(14-26)42-4/h9-15,27,31H,6-8,16-20H2,1-5H3,(H,35,39)(H,36,40)/t27-,31-/m0/s1. The van der Waals surface area contributed by atoms with E-state index in [1.165, 1.54) is 14.2 Å². The zero-order valence-corrected chi connectivity index (χ0v) is 27.0. The molecule has 0 unspecified atom stereocenters. The smallest absolute Gasteiger partial charge is 0.289 e. The molecule has 0 saturated carbocycles. The number of hydrogen-bond donors (Lipinski definition) is 2. The number of methoxy groups -OCH3 is 2. The Bertz CT molecular complexity index is 1570. The van der Waals surface area contributed by atoms with E-state index >= 15 is 0 Å². The van der Waals surface area contributed by atoms with Gasteiger partial charge >= 0.3 is 0 Å². The fourth-order valence-corrected chi connectivity index (χ4v) is 5.72. The highest BCUT2D eigenvalue weighted by Gasteiger charge is 2.39. The SMILES string of the molecule is CCc1oc(C(=O)N2C[C@@H]3NC(=O)c4cc(OC)cc(c4)OCC(=O)NCc4ccc(cc4OC)O[C@H]3C2)cc1CN(CC)CC. The highest BCUT2D eigenvalue weighted by molar-refractivity contribution is 5.96. The number of rotatable bonds is 8. The number of fused-ring (bicyclic) bond motifs is 7. The number of amides is 3. The van der Waals surface area contributed by atoms with Crippen molar-refractivity contribution in [2.24, 2.45) is 0 Å². The third-order valence-corrected chi connectivity index (χ3v) is 8.36. The molecule has 1 fully saturated rings. The van der Waals surface area contributed by atoms with Crippen molar-refractivity contribution >= 4 is 17.7 Å². The van der Waals surface area contributed by atoms with Crippen LogP contribution in [-0.4, -0.2) is 86.7 Å². The van der Waals surface area contributed by atoms with Crippen LogP contribution in [0.2, 0.25) is 0 Å². The number of nitrogens with one attached hydrogen (secondary N) is 2. The Kier molecular flexibility index (Phi) is 10.4. The molecule has 12 nitrogen and oxygen atoms in total. The molecule has 3 amide bonds. The number of nitrogens with zero attached hydrogens (tertiary/aromatic N) is 2. The molecule has 6 rings (SSSR count). The second-order valence-electron chi connectivity index (χ2n) is 11.3. The van der Waals surface area contributed by atoms with E-state index in [1.807, 2.05) is 13.0 Å². The minimum atomic E-state index is -0.587. The van der Waals surface area contributed by atoms with Gasteiger partial charge in [-0.1, -0.05) is 20.8 Å². The zero-order chi connectivity index (χ0) is 32.8. The van der Waals surface area contributed by atoms with Crippen LogP contribution in [-0.2, 0) is 24.3 Å². The Morgan fingerprint density at radius 2 is 1.80 bits per heavy atom. The number of furan rings is 1. The number of likely N-dealkylation sites (tertiary alicyclic amines) is 1. The minimum Gasteiger partial charge on any atom is -0.497 e. The lowest BCUT2D eigenvalue weighted by atomic mass is 10.1. The Balaban J connectivity index is 1.46. The first-order valence-corrected chi connectivity index (χ1v) is 15.6. The van der Waals surface area contributed by atoms with Crippen LogP contribution in [0.15, 0.2) is 46.9 Å². The van der Waals surface area contributed by atoms with E-state index in [9.17, 15) is 14.4 Å². The van der Waals surface area contributed by atoms with Crippen molar-refractivity contribution in [3.63, 3.8) is 0 Å². The average molecular weight is 635 g/mol. The zero-order valence-electron chi connectivity index (χ0n) is 27.0. The van der Waals surface area contributed by atoms with Crippen LogP contribution < -0.4 is 29.6 Å². The van der Waals surface area contributed by atoms with Crippen LogP contribution in [0.3, 0.4) is 0 Å². The van der Waals surface area contributed by atoms with Gasteiger partial charge in [0.05, 0.1) is 26.8 Å². The van der Waals surface area contributed by atoms with Crippen molar-refractivity contribution in [1.82, 2.24) is 20.4 Å². The van der Waals surface area contributed by atoms with Gasteiger partial charge in [-0.25, -0.2) is 0 Å². The predicted molar refractivity (Wildman–Crippen MR) is 170 cm³/mol. The first-order chi connectivity index (χ1) is 22.2. The topological polar surface area (TPSA) is 132 Å². The van der Waals surface area contributed by atoms with Crippen LogP contribution >= 0.6 is 0 Å². The molecule has 0 spiro atoms. The van der Waals surface area contributed by atoms with Crippen molar-refractivity contribution in [3.8, 4) is 23.0 Å². The molecule has 1 aromatic heterocycles. The molecule has 246 valence electrons. The summed E-state index contributed by atoms with van der Waals surface area (Å²) in [6, 6.07) is 11.3. The molecule has 46 heavy (non-hydrogen) atoms. The van der Waals surface area contributed by atoms with Crippen molar-refractivity contribution in [1.29, 1.82) is 0 Å². The van der Waals surface area contributed by atoms with Gasteiger partial charge in [0.2, 0.25) is 0 Å². The van der Waals surface area contributed by atoms with Gasteiger partial charge in [-0.05, 0) is 43.4 Å². The maximum Gasteiger partial charge on any atom is 0.289 e. The molecule has 12 heteroatoms. The molecule has 0 radical (unpaired) electrons. The maximum atomic E-state index is 13.8. The van der Waals surface area contributed by atoms with Gasteiger partial charge in [-0.3, -0.25) is 19.3 Å². The largest absolute Gasteiger partial charge is 0.497 e. The summed E-state index contributed by atoms with van der Waals surface area (Å²) in [6.07, 6.45) is 0.0816. The molecule has 2 aromatic carbocycles. The molecular formula is C34H42N4O8. The van der Waals surface area contributed by atoms with E-state index in [2.05, 4.69) is 29.4 Å². The first kappa shape index (κ1) is 32.7. The summed E-state index contributed by atoms with van der Waals surface area (Å²) in [5, 5.41) is 5.87. The third kappa shape index (κ3) is 7.39. The van der Waals surface area contributed by atoms with Gasteiger partial charge in [0.1, 0.15) is 34.9 Å². The van der Waals surface area contributed by atoms with Gasteiger partial charge < -0.3 is 38.9 Å². The van der Waals surface area contributed by atoms with Crippen LogP contribution in [0.4, 0.5) is 0 Å². The number of carbonyl (C=O) groups excluding carboxylic acids is 3. The van der Waals surface area contributed by atoms with Crippen LogP contribution in [0.25, 0.3) is 0 Å². The molecule has 0 aliphatic carbocycles. The van der Waals surface area contributed by atoms with Crippen molar-refractivity contribution in [2.75, 3.05) is 47.0 Å². The monoisotopic (exact) mass is 634 g/mol. The number of benzene rings is 2. The summed E-state index contributed by atoms with van der Waals surface area (Å²) in [6.45, 7) is 9.06. The number of hydrogen-bond acceptors (Lipinski definition) is 9. The minimum absolute atomic E-state index is 0.198. The fraction of sp³-hybridized carbons (Fsp3) is 0.441. The van der Waals surface area contributed by atoms with Gasteiger partial charge in [0, 0.05) is 54.9 Å².